The van der Waals surface area contributed by atoms with Gasteiger partial charge in [0.25, 0.3) is 0 Å². The largest absolute Gasteiger partial charge is 0.425 e. The lowest BCUT2D eigenvalue weighted by Crippen LogP contribution is -1.97. The third-order valence-corrected chi connectivity index (χ3v) is 3.78. The molecular formula is C14H14N4OS. The molecule has 0 spiro atoms. The maximum atomic E-state index is 5.38. The molecule has 0 radical (unpaired) electrons. The molecule has 0 atom stereocenters. The fourth-order valence-corrected chi connectivity index (χ4v) is 2.85. The first-order chi connectivity index (χ1) is 9.78. The van der Waals surface area contributed by atoms with E-state index >= 15 is 0 Å². The van der Waals surface area contributed by atoms with Crippen LogP contribution in [0.3, 0.4) is 0 Å². The van der Waals surface area contributed by atoms with E-state index in [1.165, 1.54) is 0 Å². The zero-order valence-corrected chi connectivity index (χ0v) is 11.9. The van der Waals surface area contributed by atoms with Gasteiger partial charge >= 0.3 is 0 Å². The first-order valence-electron chi connectivity index (χ1n) is 6.26. The maximum absolute atomic E-state index is 5.38. The van der Waals surface area contributed by atoms with Crippen molar-refractivity contribution in [3.05, 3.63) is 48.7 Å². The monoisotopic (exact) mass is 286 g/mol. The van der Waals surface area contributed by atoms with Crippen molar-refractivity contribution < 1.29 is 4.42 Å². The first-order valence-corrected chi connectivity index (χ1v) is 7.24. The first kappa shape index (κ1) is 12.9. The van der Waals surface area contributed by atoms with Crippen LogP contribution in [0.15, 0.2) is 46.5 Å². The highest BCUT2D eigenvalue weighted by Gasteiger charge is 2.11. The molecule has 5 nitrogen and oxygen atoms in total. The average molecular weight is 286 g/mol. The Labute approximate surface area is 120 Å². The molecule has 0 saturated carbocycles. The van der Waals surface area contributed by atoms with E-state index in [0.717, 1.165) is 22.7 Å². The van der Waals surface area contributed by atoms with Crippen LogP contribution in [0.1, 0.15) is 11.8 Å². The van der Waals surface area contributed by atoms with Gasteiger partial charge in [0.15, 0.2) is 5.16 Å². The number of nitrogens with zero attached hydrogens (tertiary/aromatic N) is 4. The molecule has 6 heteroatoms. The molecule has 0 saturated heterocycles. The van der Waals surface area contributed by atoms with Gasteiger partial charge in [-0.25, -0.2) is 4.98 Å². The molecule has 2 aromatic heterocycles. The van der Waals surface area contributed by atoms with Gasteiger partial charge in [-0.3, -0.25) is 0 Å². The second-order valence-electron chi connectivity index (χ2n) is 4.29. The molecule has 20 heavy (non-hydrogen) atoms. The van der Waals surface area contributed by atoms with Crippen molar-refractivity contribution in [1.29, 1.82) is 0 Å². The molecule has 0 aliphatic carbocycles. The molecule has 0 bridgehead atoms. The van der Waals surface area contributed by atoms with Crippen molar-refractivity contribution in [2.75, 3.05) is 0 Å². The Balaban J connectivity index is 1.89. The highest BCUT2D eigenvalue weighted by atomic mass is 32.2. The summed E-state index contributed by atoms with van der Waals surface area (Å²) < 4.78 is 7.51. The SMILES string of the molecule is C=CCn1c(SCc2nnc(C)o2)nc2ccccc21. The van der Waals surface area contributed by atoms with Crippen molar-refractivity contribution in [3.8, 4) is 0 Å². The van der Waals surface area contributed by atoms with E-state index in [1.54, 1.807) is 18.7 Å². The van der Waals surface area contributed by atoms with Crippen LogP contribution in [-0.2, 0) is 12.3 Å². The van der Waals surface area contributed by atoms with E-state index in [9.17, 15) is 0 Å². The number of hydrogen-bond acceptors (Lipinski definition) is 5. The molecule has 102 valence electrons. The zero-order valence-electron chi connectivity index (χ0n) is 11.1. The number of aryl methyl sites for hydroxylation is 1. The molecular weight excluding hydrogens is 272 g/mol. The fourth-order valence-electron chi connectivity index (χ4n) is 1.99. The number of rotatable bonds is 5. The Hall–Kier alpha value is -2.08. The molecule has 0 aliphatic heterocycles. The number of allylic oxidation sites excluding steroid dienone is 1. The third-order valence-electron chi connectivity index (χ3n) is 2.82. The van der Waals surface area contributed by atoms with Gasteiger partial charge in [0.1, 0.15) is 0 Å². The van der Waals surface area contributed by atoms with Crippen LogP contribution in [0.4, 0.5) is 0 Å². The van der Waals surface area contributed by atoms with E-state index < -0.39 is 0 Å². The van der Waals surface area contributed by atoms with E-state index in [0.29, 0.717) is 17.5 Å². The number of para-hydroxylation sites is 2. The van der Waals surface area contributed by atoms with Gasteiger partial charge in [0.2, 0.25) is 11.8 Å². The maximum Gasteiger partial charge on any atom is 0.226 e. The minimum atomic E-state index is 0.584. The normalized spacial score (nSPS) is 11.1. The predicted molar refractivity (Wildman–Crippen MR) is 78.5 cm³/mol. The summed E-state index contributed by atoms with van der Waals surface area (Å²) in [4.78, 5) is 4.64. The van der Waals surface area contributed by atoms with Crippen LogP contribution in [0.2, 0.25) is 0 Å². The minimum Gasteiger partial charge on any atom is -0.425 e. The van der Waals surface area contributed by atoms with Gasteiger partial charge in [-0.1, -0.05) is 30.0 Å². The van der Waals surface area contributed by atoms with Gasteiger partial charge in [-0.15, -0.1) is 16.8 Å². The van der Waals surface area contributed by atoms with Crippen LogP contribution in [-0.4, -0.2) is 19.7 Å². The number of fused-ring (bicyclic) bond motifs is 1. The zero-order chi connectivity index (χ0) is 13.9. The van der Waals surface area contributed by atoms with Crippen LogP contribution in [0, 0.1) is 6.92 Å². The number of aromatic nitrogens is 4. The summed E-state index contributed by atoms with van der Waals surface area (Å²) in [6.07, 6.45) is 1.87. The Bertz CT molecular complexity index is 747. The molecule has 1 aromatic carbocycles. The lowest BCUT2D eigenvalue weighted by molar-refractivity contribution is 0.485. The number of hydrogen-bond donors (Lipinski definition) is 0. The summed E-state index contributed by atoms with van der Waals surface area (Å²) in [6, 6.07) is 8.07. The fraction of sp³-hybridized carbons (Fsp3) is 0.214. The Morgan fingerprint density at radius 2 is 2.20 bits per heavy atom. The standard InChI is InChI=1S/C14H14N4OS/c1-3-8-18-12-7-5-4-6-11(12)15-14(18)20-9-13-17-16-10(2)19-13/h3-7H,1,8-9H2,2H3. The summed E-state index contributed by atoms with van der Waals surface area (Å²) in [5.74, 6) is 1.81. The molecule has 0 aliphatic rings. The van der Waals surface area contributed by atoms with E-state index in [-0.39, 0.29) is 0 Å². The van der Waals surface area contributed by atoms with E-state index in [4.69, 9.17) is 4.42 Å². The van der Waals surface area contributed by atoms with Crippen molar-refractivity contribution >= 4 is 22.8 Å². The van der Waals surface area contributed by atoms with Crippen LogP contribution in [0.25, 0.3) is 11.0 Å². The highest BCUT2D eigenvalue weighted by Crippen LogP contribution is 2.26. The second kappa shape index (κ2) is 5.50. The van der Waals surface area contributed by atoms with Crippen molar-refractivity contribution in [3.63, 3.8) is 0 Å². The van der Waals surface area contributed by atoms with Gasteiger partial charge in [0.05, 0.1) is 16.8 Å². The van der Waals surface area contributed by atoms with Crippen LogP contribution < -0.4 is 0 Å². The lowest BCUT2D eigenvalue weighted by Gasteiger charge is -2.04. The predicted octanol–water partition coefficient (Wildman–Crippen LogP) is 3.21. The number of imidazole rings is 1. The van der Waals surface area contributed by atoms with E-state index in [1.807, 2.05) is 24.3 Å². The summed E-state index contributed by atoms with van der Waals surface area (Å²) in [6.45, 7) is 6.32. The van der Waals surface area contributed by atoms with Gasteiger partial charge < -0.3 is 8.98 Å². The molecule has 0 fully saturated rings. The topological polar surface area (TPSA) is 56.7 Å². The van der Waals surface area contributed by atoms with Crippen molar-refractivity contribution in [2.45, 2.75) is 24.4 Å². The lowest BCUT2D eigenvalue weighted by atomic mass is 10.3. The Morgan fingerprint density at radius 1 is 1.35 bits per heavy atom. The quantitative estimate of drug-likeness (QED) is 0.532. The minimum absolute atomic E-state index is 0.584. The third kappa shape index (κ3) is 2.46. The van der Waals surface area contributed by atoms with Crippen molar-refractivity contribution in [1.82, 2.24) is 19.7 Å². The average Bonchev–Trinajstić information content (AvgIpc) is 3.02. The molecule has 3 aromatic rings. The highest BCUT2D eigenvalue weighted by molar-refractivity contribution is 7.98. The molecule has 3 rings (SSSR count). The van der Waals surface area contributed by atoms with E-state index in [2.05, 4.69) is 32.4 Å². The van der Waals surface area contributed by atoms with Gasteiger partial charge in [-0.05, 0) is 12.1 Å². The number of thioether (sulfide) groups is 1. The second-order valence-corrected chi connectivity index (χ2v) is 5.23. The summed E-state index contributed by atoms with van der Waals surface area (Å²) in [5, 5.41) is 8.76. The Kier molecular flexibility index (Phi) is 3.56. The summed E-state index contributed by atoms with van der Waals surface area (Å²) >= 11 is 1.59. The molecule has 2 heterocycles. The van der Waals surface area contributed by atoms with Gasteiger partial charge in [0, 0.05) is 13.5 Å². The molecule has 0 N–H and O–H groups in total. The van der Waals surface area contributed by atoms with Crippen LogP contribution in [0.5, 0.6) is 0 Å². The van der Waals surface area contributed by atoms with Crippen molar-refractivity contribution in [2.24, 2.45) is 0 Å². The van der Waals surface area contributed by atoms with Crippen LogP contribution >= 0.6 is 11.8 Å². The number of benzene rings is 1. The van der Waals surface area contributed by atoms with Gasteiger partial charge in [-0.2, -0.15) is 0 Å². The molecule has 0 unspecified atom stereocenters. The smallest absolute Gasteiger partial charge is 0.226 e. The summed E-state index contributed by atoms with van der Waals surface area (Å²) in [7, 11) is 0. The molecule has 0 amide bonds. The Morgan fingerprint density at radius 3 is 2.95 bits per heavy atom. The summed E-state index contributed by atoms with van der Waals surface area (Å²) in [5.41, 5.74) is 2.09.